The molecule has 1 aromatic carbocycles. The molecule has 0 aliphatic rings. The summed E-state index contributed by atoms with van der Waals surface area (Å²) in [5.74, 6) is -1.38. The van der Waals surface area contributed by atoms with E-state index in [0.717, 1.165) is 0 Å². The topological polar surface area (TPSA) is 99.6 Å². The number of esters is 1. The van der Waals surface area contributed by atoms with E-state index in [-0.39, 0.29) is 30.1 Å². The van der Waals surface area contributed by atoms with Crippen LogP contribution in [-0.4, -0.2) is 27.8 Å². The molecule has 6 nitrogen and oxygen atoms in total. The molecule has 1 atom stereocenters. The zero-order valence-corrected chi connectivity index (χ0v) is 13.0. The van der Waals surface area contributed by atoms with Crippen LogP contribution < -0.4 is 5.56 Å². The predicted molar refractivity (Wildman–Crippen MR) is 84.7 cm³/mol. The van der Waals surface area contributed by atoms with E-state index in [4.69, 9.17) is 4.74 Å². The number of aryl methyl sites for hydroxylation is 1. The highest BCUT2D eigenvalue weighted by molar-refractivity contribution is 5.71. The third-order valence-electron chi connectivity index (χ3n) is 3.48. The van der Waals surface area contributed by atoms with Gasteiger partial charge in [0.2, 0.25) is 0 Å². The van der Waals surface area contributed by atoms with E-state index < -0.39 is 17.4 Å². The van der Waals surface area contributed by atoms with Gasteiger partial charge in [0, 0.05) is 11.6 Å². The van der Waals surface area contributed by atoms with Gasteiger partial charge in [0.05, 0.1) is 18.6 Å². The molecule has 0 spiro atoms. The minimum absolute atomic E-state index is 0.0133. The van der Waals surface area contributed by atoms with Gasteiger partial charge in [-0.05, 0) is 37.6 Å². The van der Waals surface area contributed by atoms with E-state index in [9.17, 15) is 19.8 Å². The molecule has 23 heavy (non-hydrogen) atoms. The van der Waals surface area contributed by atoms with Crippen LogP contribution in [0.4, 0.5) is 0 Å². The fourth-order valence-corrected chi connectivity index (χ4v) is 2.53. The summed E-state index contributed by atoms with van der Waals surface area (Å²) in [5.41, 5.74) is 0.666. The molecule has 0 amide bonds. The second-order valence-electron chi connectivity index (χ2n) is 5.24. The SMILES string of the molecule is CCOC(=O)C[C@@H](c1cccc(O)c1)c1c(O)cc(C)[nH]c1=O. The molecule has 6 heteroatoms. The number of ether oxygens (including phenoxy) is 1. The first-order valence-corrected chi connectivity index (χ1v) is 7.29. The molecule has 1 aromatic heterocycles. The second-order valence-corrected chi connectivity index (χ2v) is 5.24. The van der Waals surface area contributed by atoms with Crippen LogP contribution in [0.1, 0.15) is 36.1 Å². The Hall–Kier alpha value is -2.76. The second kappa shape index (κ2) is 7.00. The van der Waals surface area contributed by atoms with Crippen LogP contribution in [0.5, 0.6) is 11.5 Å². The number of carbonyl (C=O) groups excluding carboxylic acids is 1. The van der Waals surface area contributed by atoms with Gasteiger partial charge in [0.15, 0.2) is 0 Å². The summed E-state index contributed by atoms with van der Waals surface area (Å²) in [4.78, 5) is 26.8. The lowest BCUT2D eigenvalue weighted by atomic mass is 9.88. The molecular weight excluding hydrogens is 298 g/mol. The van der Waals surface area contributed by atoms with E-state index in [1.54, 1.807) is 26.0 Å². The highest BCUT2D eigenvalue weighted by Crippen LogP contribution is 2.33. The number of rotatable bonds is 5. The number of nitrogens with one attached hydrogen (secondary N) is 1. The van der Waals surface area contributed by atoms with Crippen LogP contribution in [0.25, 0.3) is 0 Å². The van der Waals surface area contributed by atoms with Crippen molar-refractivity contribution in [2.75, 3.05) is 6.61 Å². The number of aromatic hydroxyl groups is 2. The Labute approximate surface area is 133 Å². The van der Waals surface area contributed by atoms with Crippen LogP contribution in [0.2, 0.25) is 0 Å². The van der Waals surface area contributed by atoms with Gasteiger partial charge in [-0.1, -0.05) is 12.1 Å². The molecule has 1 heterocycles. The molecule has 0 unspecified atom stereocenters. The number of benzene rings is 1. The van der Waals surface area contributed by atoms with Crippen molar-refractivity contribution >= 4 is 5.97 Å². The smallest absolute Gasteiger partial charge is 0.306 e. The standard InChI is InChI=1S/C17H19NO5/c1-3-23-15(21)9-13(11-5-4-6-12(19)8-11)16-14(20)7-10(2)18-17(16)22/h4-8,13,19H,3,9H2,1-2H3,(H2,18,20,22)/t13-/m0/s1. The molecular formula is C17H19NO5. The highest BCUT2D eigenvalue weighted by atomic mass is 16.5. The van der Waals surface area contributed by atoms with Gasteiger partial charge < -0.3 is 19.9 Å². The van der Waals surface area contributed by atoms with Crippen LogP contribution in [0.15, 0.2) is 35.1 Å². The quantitative estimate of drug-likeness (QED) is 0.734. The molecule has 0 aliphatic carbocycles. The fraction of sp³-hybridized carbons (Fsp3) is 0.294. The van der Waals surface area contributed by atoms with Gasteiger partial charge in [0.1, 0.15) is 11.5 Å². The number of phenolic OH excluding ortho intramolecular Hbond substituents is 1. The number of hydrogen-bond donors (Lipinski definition) is 3. The lowest BCUT2D eigenvalue weighted by Gasteiger charge is -2.18. The molecule has 0 saturated carbocycles. The molecule has 0 fully saturated rings. The lowest BCUT2D eigenvalue weighted by Crippen LogP contribution is -2.21. The summed E-state index contributed by atoms with van der Waals surface area (Å²) in [6.07, 6.45) is -0.114. The Morgan fingerprint density at radius 2 is 2.04 bits per heavy atom. The van der Waals surface area contributed by atoms with E-state index in [1.165, 1.54) is 18.2 Å². The molecule has 0 saturated heterocycles. The van der Waals surface area contributed by atoms with Crippen LogP contribution >= 0.6 is 0 Å². The van der Waals surface area contributed by atoms with Crippen LogP contribution in [0, 0.1) is 6.92 Å². The lowest BCUT2D eigenvalue weighted by molar-refractivity contribution is -0.143. The maximum Gasteiger partial charge on any atom is 0.306 e. The minimum atomic E-state index is -0.717. The maximum absolute atomic E-state index is 12.3. The van der Waals surface area contributed by atoms with Crippen LogP contribution in [0.3, 0.4) is 0 Å². The van der Waals surface area contributed by atoms with Crippen LogP contribution in [-0.2, 0) is 9.53 Å². The number of hydrogen-bond acceptors (Lipinski definition) is 5. The summed E-state index contributed by atoms with van der Waals surface area (Å²) in [6, 6.07) is 7.68. The summed E-state index contributed by atoms with van der Waals surface area (Å²) in [5, 5.41) is 19.8. The van der Waals surface area contributed by atoms with E-state index in [0.29, 0.717) is 11.3 Å². The molecule has 0 radical (unpaired) electrons. The number of H-pyrrole nitrogens is 1. The largest absolute Gasteiger partial charge is 0.508 e. The van der Waals surface area contributed by atoms with Crippen molar-refractivity contribution in [2.45, 2.75) is 26.2 Å². The molecule has 2 rings (SSSR count). The van der Waals surface area contributed by atoms with Crippen molar-refractivity contribution in [1.29, 1.82) is 0 Å². The number of carbonyl (C=O) groups is 1. The van der Waals surface area contributed by atoms with Gasteiger partial charge in [0.25, 0.3) is 5.56 Å². The summed E-state index contributed by atoms with van der Waals surface area (Å²) >= 11 is 0. The van der Waals surface area contributed by atoms with E-state index in [1.807, 2.05) is 0 Å². The normalized spacial score (nSPS) is 11.9. The molecule has 3 N–H and O–H groups in total. The Balaban J connectivity index is 2.54. The van der Waals surface area contributed by atoms with Crippen molar-refractivity contribution in [1.82, 2.24) is 4.98 Å². The highest BCUT2D eigenvalue weighted by Gasteiger charge is 2.25. The first-order valence-electron chi connectivity index (χ1n) is 7.29. The zero-order valence-electron chi connectivity index (χ0n) is 13.0. The van der Waals surface area contributed by atoms with Crippen molar-refractivity contribution < 1.29 is 19.7 Å². The third-order valence-corrected chi connectivity index (χ3v) is 3.48. The van der Waals surface area contributed by atoms with Crippen molar-refractivity contribution in [2.24, 2.45) is 0 Å². The van der Waals surface area contributed by atoms with Crippen molar-refractivity contribution in [3.05, 3.63) is 57.5 Å². The average Bonchev–Trinajstić information content (AvgIpc) is 2.45. The Kier molecular flexibility index (Phi) is 5.05. The van der Waals surface area contributed by atoms with Gasteiger partial charge in [-0.2, -0.15) is 0 Å². The van der Waals surface area contributed by atoms with E-state index in [2.05, 4.69) is 4.98 Å². The average molecular weight is 317 g/mol. The number of pyridine rings is 1. The van der Waals surface area contributed by atoms with Crippen molar-refractivity contribution in [3.8, 4) is 11.5 Å². The monoisotopic (exact) mass is 317 g/mol. The zero-order chi connectivity index (χ0) is 17.0. The van der Waals surface area contributed by atoms with Crippen molar-refractivity contribution in [3.63, 3.8) is 0 Å². The van der Waals surface area contributed by atoms with Gasteiger partial charge >= 0.3 is 5.97 Å². The molecule has 0 aliphatic heterocycles. The Morgan fingerprint density at radius 3 is 2.65 bits per heavy atom. The number of aromatic nitrogens is 1. The fourth-order valence-electron chi connectivity index (χ4n) is 2.53. The summed E-state index contributed by atoms with van der Waals surface area (Å²) in [7, 11) is 0. The maximum atomic E-state index is 12.3. The molecule has 0 bridgehead atoms. The predicted octanol–water partition coefficient (Wildman–Crippen LogP) is 2.18. The van der Waals surface area contributed by atoms with Gasteiger partial charge in [-0.25, -0.2) is 0 Å². The first-order chi connectivity index (χ1) is 10.9. The van der Waals surface area contributed by atoms with E-state index >= 15 is 0 Å². The summed E-state index contributed by atoms with van der Waals surface area (Å²) in [6.45, 7) is 3.57. The first kappa shape index (κ1) is 16.6. The third kappa shape index (κ3) is 3.91. The molecule has 122 valence electrons. The Bertz CT molecular complexity index is 766. The number of aromatic amines is 1. The molecule has 2 aromatic rings. The number of phenols is 1. The minimum Gasteiger partial charge on any atom is -0.508 e. The Morgan fingerprint density at radius 1 is 1.30 bits per heavy atom. The summed E-state index contributed by atoms with van der Waals surface area (Å²) < 4.78 is 4.95. The van der Waals surface area contributed by atoms with Gasteiger partial charge in [-0.15, -0.1) is 0 Å². The van der Waals surface area contributed by atoms with Gasteiger partial charge in [-0.3, -0.25) is 9.59 Å².